The molecule has 0 unspecified atom stereocenters. The zero-order chi connectivity index (χ0) is 82.6. The van der Waals surface area contributed by atoms with Gasteiger partial charge >= 0.3 is 0 Å². The highest BCUT2D eigenvalue weighted by atomic mass is 19.2. The monoisotopic (exact) mass is 1640 g/mol. The van der Waals surface area contributed by atoms with Gasteiger partial charge in [0.2, 0.25) is 46.5 Å². The standard InChI is InChI=1S/C68H12F40N4/c69-29-21(30(70)46(86)61(101)45(29)85)13-5-1-6-14(22-31(71)47(87)62(102)48(88)32(22)72)16(24-35(75)51(91)64(104)52(92)36(24)76)8(110-6)3-10-18(26-39(79)55(95)66(106)56(96)40(26)80)20(28-43(83)59(99)68(108)60(100)44(28)84)12(112-10)4-11-19(27-41(81)57(97)67(107)58(98)42(27)82)17(25-37(77)53(93)65(105)54(94)38(25)78)9(111-11)2-7(109-5)15(13)23-33(73)49(89)63(103)50(90)34(23)74/h109-112H,1-4H2. The molecule has 0 atom stereocenters. The Hall–Kier alpha value is -11.9. The van der Waals surface area contributed by atoms with E-state index in [1.807, 2.05) is 0 Å². The summed E-state index contributed by atoms with van der Waals surface area (Å²) in [5.41, 5.74) is -63.2. The Kier molecular flexibility index (Phi) is 18.8. The minimum Gasteiger partial charge on any atom is -0.361 e. The lowest BCUT2D eigenvalue weighted by atomic mass is 9.87. The number of fused-ring (bicyclic) bond motifs is 8. The molecule has 12 aromatic rings. The summed E-state index contributed by atoms with van der Waals surface area (Å²) in [6.07, 6.45) is -10.8. The Morgan fingerprint density at radius 2 is 0.152 bits per heavy atom. The molecule has 5 heterocycles. The first-order valence-corrected chi connectivity index (χ1v) is 29.4. The molecule has 4 nitrogen and oxygen atoms in total. The van der Waals surface area contributed by atoms with E-state index < -0.39 is 393 Å². The van der Waals surface area contributed by atoms with Crippen LogP contribution >= 0.6 is 0 Å². The number of aromatic nitrogens is 4. The van der Waals surface area contributed by atoms with Gasteiger partial charge in [0.05, 0.1) is 44.5 Å². The van der Waals surface area contributed by atoms with Crippen molar-refractivity contribution >= 4 is 0 Å². The molecule has 0 amide bonds. The predicted molar refractivity (Wildman–Crippen MR) is 296 cm³/mol. The van der Waals surface area contributed by atoms with Gasteiger partial charge in [-0.1, -0.05) is 0 Å². The van der Waals surface area contributed by atoms with Crippen LogP contribution in [0.25, 0.3) is 89.0 Å². The molecule has 0 aliphatic carbocycles. The van der Waals surface area contributed by atoms with Crippen molar-refractivity contribution in [3.8, 4) is 89.0 Å². The van der Waals surface area contributed by atoms with Crippen molar-refractivity contribution in [2.45, 2.75) is 25.7 Å². The van der Waals surface area contributed by atoms with Gasteiger partial charge in [-0.25, -0.2) is 176 Å². The second kappa shape index (κ2) is 26.9. The molecule has 8 aromatic carbocycles. The van der Waals surface area contributed by atoms with Gasteiger partial charge in [0.25, 0.3) is 0 Å². The van der Waals surface area contributed by atoms with Crippen molar-refractivity contribution < 1.29 is 176 Å². The second-order valence-corrected chi connectivity index (χ2v) is 23.6. The van der Waals surface area contributed by atoms with E-state index in [0.717, 1.165) is 0 Å². The third-order valence-electron chi connectivity index (χ3n) is 17.7. The smallest absolute Gasteiger partial charge is 0.200 e. The Labute approximate surface area is 587 Å². The van der Waals surface area contributed by atoms with Gasteiger partial charge in [0.1, 0.15) is 0 Å². The predicted octanol–water partition coefficient (Wildman–Crippen LogP) is 22.6. The number of benzene rings is 8. The maximum atomic E-state index is 17.0. The summed E-state index contributed by atoms with van der Waals surface area (Å²) in [6.45, 7) is 0. The van der Waals surface area contributed by atoms with Crippen LogP contribution in [0.15, 0.2) is 0 Å². The highest BCUT2D eigenvalue weighted by Gasteiger charge is 2.45. The van der Waals surface area contributed by atoms with E-state index in [0.29, 0.717) is 0 Å². The molecule has 1 aliphatic heterocycles. The van der Waals surface area contributed by atoms with Gasteiger partial charge in [0.15, 0.2) is 186 Å². The molecule has 0 spiro atoms. The molecule has 1 aliphatic rings. The first-order valence-electron chi connectivity index (χ1n) is 29.4. The summed E-state index contributed by atoms with van der Waals surface area (Å²) in [7, 11) is 0. The molecule has 584 valence electrons. The summed E-state index contributed by atoms with van der Waals surface area (Å²) in [5.74, 6) is -138. The largest absolute Gasteiger partial charge is 0.361 e. The van der Waals surface area contributed by atoms with E-state index in [9.17, 15) is 0 Å². The molecule has 0 radical (unpaired) electrons. The topological polar surface area (TPSA) is 63.2 Å². The minimum absolute atomic E-state index is 1.57. The van der Waals surface area contributed by atoms with E-state index in [-0.39, 0.29) is 0 Å². The fourth-order valence-electron chi connectivity index (χ4n) is 13.0. The third-order valence-corrected chi connectivity index (χ3v) is 17.7. The van der Waals surface area contributed by atoms with Crippen molar-refractivity contribution in [3.63, 3.8) is 0 Å². The van der Waals surface area contributed by atoms with E-state index >= 15 is 176 Å². The number of hydrogen-bond acceptors (Lipinski definition) is 0. The van der Waals surface area contributed by atoms with Crippen LogP contribution in [0.2, 0.25) is 0 Å². The van der Waals surface area contributed by atoms with Crippen molar-refractivity contribution in [3.05, 3.63) is 278 Å². The first-order chi connectivity index (χ1) is 52.3. The molecule has 44 heteroatoms. The fraction of sp³-hybridized carbons (Fsp3) is 0.0588. The Morgan fingerprint density at radius 3 is 0.223 bits per heavy atom. The lowest BCUT2D eigenvalue weighted by molar-refractivity contribution is 0.380. The highest BCUT2D eigenvalue weighted by Crippen LogP contribution is 2.55. The number of aromatic amines is 4. The molecule has 0 saturated carbocycles. The maximum absolute atomic E-state index is 17.0. The maximum Gasteiger partial charge on any atom is 0.200 e. The Bertz CT molecular complexity index is 4930. The van der Waals surface area contributed by atoms with Crippen molar-refractivity contribution in [1.82, 2.24) is 19.9 Å². The molecule has 0 saturated heterocycles. The summed E-state index contributed by atoms with van der Waals surface area (Å²) < 4.78 is 648. The second-order valence-electron chi connectivity index (χ2n) is 23.6. The van der Waals surface area contributed by atoms with Crippen LogP contribution in [-0.4, -0.2) is 19.9 Å². The molecule has 13 rings (SSSR count). The molecular weight excluding hydrogens is 1630 g/mol. The number of rotatable bonds is 8. The van der Waals surface area contributed by atoms with E-state index in [1.54, 1.807) is 19.9 Å². The van der Waals surface area contributed by atoms with Gasteiger partial charge < -0.3 is 19.9 Å². The summed E-state index contributed by atoms with van der Waals surface area (Å²) >= 11 is 0. The van der Waals surface area contributed by atoms with Crippen molar-refractivity contribution in [2.24, 2.45) is 0 Å². The van der Waals surface area contributed by atoms with E-state index in [2.05, 4.69) is 0 Å². The van der Waals surface area contributed by atoms with E-state index in [1.165, 1.54) is 0 Å². The number of halogens is 40. The van der Waals surface area contributed by atoms with E-state index in [4.69, 9.17) is 0 Å². The van der Waals surface area contributed by atoms with Crippen molar-refractivity contribution in [2.75, 3.05) is 0 Å². The van der Waals surface area contributed by atoms with Crippen LogP contribution in [0.4, 0.5) is 176 Å². The molecule has 112 heavy (non-hydrogen) atoms. The number of H-pyrrole nitrogens is 4. The van der Waals surface area contributed by atoms with Crippen LogP contribution < -0.4 is 0 Å². The van der Waals surface area contributed by atoms with Gasteiger partial charge in [0, 0.05) is 116 Å². The molecule has 8 bridgehead atoms. The molecule has 4 aromatic heterocycles. The van der Waals surface area contributed by atoms with Crippen LogP contribution in [0.5, 0.6) is 0 Å². The van der Waals surface area contributed by atoms with Gasteiger partial charge in [-0.2, -0.15) is 0 Å². The highest BCUT2D eigenvalue weighted by molar-refractivity contribution is 5.96. The summed E-state index contributed by atoms with van der Waals surface area (Å²) in [4.78, 5) is 6.27. The minimum atomic E-state index is -3.46. The van der Waals surface area contributed by atoms with Crippen LogP contribution in [0.1, 0.15) is 45.6 Å². The fourth-order valence-corrected chi connectivity index (χ4v) is 13.0. The van der Waals surface area contributed by atoms with Crippen LogP contribution in [0, 0.1) is 233 Å². The summed E-state index contributed by atoms with van der Waals surface area (Å²) in [6, 6.07) is 0. The zero-order valence-electron chi connectivity index (χ0n) is 51.9. The molecule has 4 N–H and O–H groups in total. The average molecular weight is 1640 g/mol. The number of nitrogens with one attached hydrogen (secondary N) is 4. The van der Waals surface area contributed by atoms with Crippen LogP contribution in [0.3, 0.4) is 0 Å². The Balaban J connectivity index is 1.39. The average Bonchev–Trinajstić information content (AvgIpc) is 1.55. The lowest BCUT2D eigenvalue weighted by Gasteiger charge is -2.17. The number of hydrogen-bond donors (Lipinski definition) is 4. The first kappa shape index (κ1) is 78.2. The SMILES string of the molecule is Fc1c(F)c(F)c(-c2c3[nH]c(c2-c2c(F)c(F)c(F)c(F)c2F)Cc2[nH]c(c(-c4c(F)c(F)c(F)c(F)c4F)c2-c2c(F)c(F)c(F)c(F)c2F)Cc2[nH]c(c(-c4c(F)c(F)c(F)c(F)c4F)c2-c2c(F)c(F)c(F)c(F)c2F)Cc2[nH]c(c(-c4c(F)c(F)c(F)c(F)c4F)c2-c2c(F)c(F)c(F)c(F)c2F)C3)c(F)c1F. The Morgan fingerprint density at radius 1 is 0.0893 bits per heavy atom. The molecule has 0 fully saturated rings. The summed E-state index contributed by atoms with van der Waals surface area (Å²) in [5, 5.41) is 0. The van der Waals surface area contributed by atoms with Crippen molar-refractivity contribution in [1.29, 1.82) is 0 Å². The quantitative estimate of drug-likeness (QED) is 0.0666. The molecular formula is C68H12F40N4. The third kappa shape index (κ3) is 10.8. The lowest BCUT2D eigenvalue weighted by Crippen LogP contribution is -2.09. The zero-order valence-corrected chi connectivity index (χ0v) is 51.9. The van der Waals surface area contributed by atoms with Gasteiger partial charge in [-0.3, -0.25) is 0 Å². The van der Waals surface area contributed by atoms with Crippen LogP contribution in [-0.2, 0) is 25.7 Å². The van der Waals surface area contributed by atoms with Gasteiger partial charge in [-0.05, 0) is 0 Å². The normalized spacial score (nSPS) is 12.5. The van der Waals surface area contributed by atoms with Gasteiger partial charge in [-0.15, -0.1) is 0 Å².